The molecule has 3 aliphatic rings. The molecule has 2 amide bonds. The quantitative estimate of drug-likeness (QED) is 0.836. The van der Waals surface area contributed by atoms with E-state index in [1.165, 1.54) is 30.6 Å². The van der Waals surface area contributed by atoms with Crippen molar-refractivity contribution in [1.82, 2.24) is 10.2 Å². The van der Waals surface area contributed by atoms with Crippen LogP contribution in [0.2, 0.25) is 0 Å². The van der Waals surface area contributed by atoms with Gasteiger partial charge in [0.25, 0.3) is 0 Å². The van der Waals surface area contributed by atoms with Gasteiger partial charge in [-0.25, -0.2) is 9.59 Å². The Bertz CT molecular complexity index is 431. The molecule has 5 atom stereocenters. The summed E-state index contributed by atoms with van der Waals surface area (Å²) in [5, 5.41) is 12.3. The molecule has 21 heavy (non-hydrogen) atoms. The number of carbonyl (C=O) groups is 2. The maximum absolute atomic E-state index is 12.4. The van der Waals surface area contributed by atoms with Crippen molar-refractivity contribution < 1.29 is 14.7 Å². The van der Waals surface area contributed by atoms with Gasteiger partial charge in [-0.2, -0.15) is 11.8 Å². The average molecular weight is 312 g/mol. The Balaban J connectivity index is 1.58. The number of hydrogen-bond acceptors (Lipinski definition) is 3. The summed E-state index contributed by atoms with van der Waals surface area (Å²) in [6.07, 6.45) is 5.20. The molecule has 1 saturated heterocycles. The summed E-state index contributed by atoms with van der Waals surface area (Å²) >= 11 is 1.60. The van der Waals surface area contributed by atoms with Crippen molar-refractivity contribution in [1.29, 1.82) is 0 Å². The molecule has 2 aliphatic carbocycles. The fraction of sp³-hybridized carbons (Fsp3) is 0.867. The van der Waals surface area contributed by atoms with E-state index in [9.17, 15) is 14.7 Å². The van der Waals surface area contributed by atoms with Gasteiger partial charge < -0.3 is 15.3 Å². The van der Waals surface area contributed by atoms with Gasteiger partial charge in [0.2, 0.25) is 0 Å². The van der Waals surface area contributed by atoms with E-state index >= 15 is 0 Å². The summed E-state index contributed by atoms with van der Waals surface area (Å²) in [5.74, 6) is 2.61. The molecule has 2 saturated carbocycles. The molecule has 118 valence electrons. The zero-order chi connectivity index (χ0) is 15.0. The molecular weight excluding hydrogens is 288 g/mol. The van der Waals surface area contributed by atoms with E-state index in [0.717, 1.165) is 17.6 Å². The molecule has 3 rings (SSSR count). The summed E-state index contributed by atoms with van der Waals surface area (Å²) < 4.78 is 0. The van der Waals surface area contributed by atoms with E-state index in [1.807, 2.05) is 0 Å². The lowest BCUT2D eigenvalue weighted by Crippen LogP contribution is -2.56. The number of carboxylic acids is 1. The lowest BCUT2D eigenvalue weighted by Gasteiger charge is -2.35. The number of carbonyl (C=O) groups excluding carboxylic acids is 1. The normalized spacial score (nSPS) is 36.5. The van der Waals surface area contributed by atoms with Gasteiger partial charge in [0.1, 0.15) is 6.04 Å². The molecule has 5 nitrogen and oxygen atoms in total. The SMILES string of the molecule is CC(NC(=O)N1CCSCC1C(=O)O)C1CC2CCC1C2. The minimum atomic E-state index is -0.898. The van der Waals surface area contributed by atoms with Crippen LogP contribution in [-0.2, 0) is 4.79 Å². The molecular formula is C15H24N2O3S. The fourth-order valence-corrected chi connectivity index (χ4v) is 5.38. The number of fused-ring (bicyclic) bond motifs is 2. The number of amides is 2. The standard InChI is InChI=1S/C15H24N2O3S/c1-9(12-7-10-2-3-11(12)6-10)16-15(20)17-4-5-21-8-13(17)14(18)19/h9-13H,2-8H2,1H3,(H,16,20)(H,18,19). The van der Waals surface area contributed by atoms with Crippen LogP contribution >= 0.6 is 11.8 Å². The summed E-state index contributed by atoms with van der Waals surface area (Å²) in [5.41, 5.74) is 0. The molecule has 0 aromatic heterocycles. The average Bonchev–Trinajstić information content (AvgIpc) is 3.09. The van der Waals surface area contributed by atoms with Gasteiger partial charge in [-0.3, -0.25) is 0 Å². The van der Waals surface area contributed by atoms with E-state index in [1.54, 1.807) is 11.8 Å². The van der Waals surface area contributed by atoms with E-state index in [2.05, 4.69) is 12.2 Å². The van der Waals surface area contributed by atoms with Crippen LogP contribution in [0.1, 0.15) is 32.6 Å². The molecule has 0 spiro atoms. The predicted octanol–water partition coefficient (Wildman–Crippen LogP) is 2.02. The van der Waals surface area contributed by atoms with Crippen molar-refractivity contribution in [3.05, 3.63) is 0 Å². The first-order chi connectivity index (χ1) is 10.1. The molecule has 1 aliphatic heterocycles. The Hall–Kier alpha value is -0.910. The zero-order valence-corrected chi connectivity index (χ0v) is 13.3. The first kappa shape index (κ1) is 15.0. The van der Waals surface area contributed by atoms with Crippen LogP contribution in [0.5, 0.6) is 0 Å². The van der Waals surface area contributed by atoms with Gasteiger partial charge in [-0.05, 0) is 43.9 Å². The Morgan fingerprint density at radius 1 is 1.33 bits per heavy atom. The van der Waals surface area contributed by atoms with E-state index in [-0.39, 0.29) is 12.1 Å². The lowest BCUT2D eigenvalue weighted by atomic mass is 9.84. The van der Waals surface area contributed by atoms with E-state index in [0.29, 0.717) is 18.2 Å². The summed E-state index contributed by atoms with van der Waals surface area (Å²) in [7, 11) is 0. The molecule has 0 aromatic carbocycles. The van der Waals surface area contributed by atoms with E-state index in [4.69, 9.17) is 0 Å². The van der Waals surface area contributed by atoms with Crippen LogP contribution in [-0.4, -0.2) is 52.1 Å². The largest absolute Gasteiger partial charge is 0.480 e. The number of thioether (sulfide) groups is 1. The molecule has 2 bridgehead atoms. The van der Waals surface area contributed by atoms with Crippen LogP contribution in [0.4, 0.5) is 4.79 Å². The Morgan fingerprint density at radius 2 is 2.14 bits per heavy atom. The van der Waals surface area contributed by atoms with Crippen LogP contribution in [0.3, 0.4) is 0 Å². The highest BCUT2D eigenvalue weighted by Gasteiger charge is 2.43. The predicted molar refractivity (Wildman–Crippen MR) is 82.4 cm³/mol. The minimum absolute atomic E-state index is 0.150. The topological polar surface area (TPSA) is 69.6 Å². The Morgan fingerprint density at radius 3 is 2.76 bits per heavy atom. The molecule has 1 heterocycles. The molecule has 6 heteroatoms. The van der Waals surface area contributed by atoms with Gasteiger partial charge in [-0.15, -0.1) is 0 Å². The highest BCUT2D eigenvalue weighted by Crippen LogP contribution is 2.49. The highest BCUT2D eigenvalue weighted by molar-refractivity contribution is 7.99. The molecule has 3 fully saturated rings. The minimum Gasteiger partial charge on any atom is -0.480 e. The van der Waals surface area contributed by atoms with Crippen molar-refractivity contribution in [2.75, 3.05) is 18.1 Å². The summed E-state index contributed by atoms with van der Waals surface area (Å²) in [6, 6.07) is -0.731. The number of aliphatic carboxylic acids is 1. The first-order valence-corrected chi connectivity index (χ1v) is 9.09. The number of urea groups is 1. The van der Waals surface area contributed by atoms with Crippen LogP contribution in [0.15, 0.2) is 0 Å². The smallest absolute Gasteiger partial charge is 0.327 e. The van der Waals surface area contributed by atoms with Gasteiger partial charge in [0, 0.05) is 24.1 Å². The lowest BCUT2D eigenvalue weighted by molar-refractivity contribution is -0.141. The number of nitrogens with one attached hydrogen (secondary N) is 1. The maximum Gasteiger partial charge on any atom is 0.327 e. The second kappa shape index (κ2) is 6.07. The molecule has 2 N–H and O–H groups in total. The van der Waals surface area contributed by atoms with Crippen LogP contribution < -0.4 is 5.32 Å². The van der Waals surface area contributed by atoms with Crippen molar-refractivity contribution in [2.45, 2.75) is 44.7 Å². The maximum atomic E-state index is 12.4. The third kappa shape index (κ3) is 3.00. The highest BCUT2D eigenvalue weighted by atomic mass is 32.2. The van der Waals surface area contributed by atoms with E-state index < -0.39 is 12.0 Å². The fourth-order valence-electron chi connectivity index (χ4n) is 4.34. The van der Waals surface area contributed by atoms with Crippen molar-refractivity contribution in [2.24, 2.45) is 17.8 Å². The van der Waals surface area contributed by atoms with Gasteiger partial charge in [0.15, 0.2) is 0 Å². The number of hydrogen-bond donors (Lipinski definition) is 2. The number of carboxylic acid groups (broad SMARTS) is 1. The van der Waals surface area contributed by atoms with Crippen molar-refractivity contribution >= 4 is 23.8 Å². The monoisotopic (exact) mass is 312 g/mol. The first-order valence-electron chi connectivity index (χ1n) is 7.94. The van der Waals surface area contributed by atoms with Crippen molar-refractivity contribution in [3.8, 4) is 0 Å². The van der Waals surface area contributed by atoms with Crippen molar-refractivity contribution in [3.63, 3.8) is 0 Å². The van der Waals surface area contributed by atoms with Crippen LogP contribution in [0.25, 0.3) is 0 Å². The van der Waals surface area contributed by atoms with Gasteiger partial charge >= 0.3 is 12.0 Å². The summed E-state index contributed by atoms with van der Waals surface area (Å²) in [4.78, 5) is 25.2. The third-order valence-corrected chi connectivity index (χ3v) is 6.48. The van der Waals surface area contributed by atoms with Crippen LogP contribution in [0, 0.1) is 17.8 Å². The third-order valence-electron chi connectivity index (χ3n) is 5.46. The number of nitrogens with zero attached hydrogens (tertiary/aromatic N) is 1. The van der Waals surface area contributed by atoms with Gasteiger partial charge in [0.05, 0.1) is 0 Å². The molecule has 0 aromatic rings. The zero-order valence-electron chi connectivity index (χ0n) is 12.5. The number of rotatable bonds is 3. The summed E-state index contributed by atoms with van der Waals surface area (Å²) in [6.45, 7) is 2.61. The Kier molecular flexibility index (Phi) is 4.33. The van der Waals surface area contributed by atoms with Gasteiger partial charge in [-0.1, -0.05) is 6.42 Å². The second-order valence-electron chi connectivity index (χ2n) is 6.70. The Labute approximate surface area is 129 Å². The molecule has 5 unspecified atom stereocenters. The molecule has 0 radical (unpaired) electrons. The second-order valence-corrected chi connectivity index (χ2v) is 7.85.